The Morgan fingerprint density at radius 3 is 2.24 bits per heavy atom. The van der Waals surface area contributed by atoms with E-state index in [9.17, 15) is 0 Å². The molecule has 0 amide bonds. The predicted octanol–water partition coefficient (Wildman–Crippen LogP) is 4.76. The van der Waals surface area contributed by atoms with Crippen molar-refractivity contribution in [3.05, 3.63) is 83.9 Å². The molecule has 0 saturated carbocycles. The molecule has 0 spiro atoms. The summed E-state index contributed by atoms with van der Waals surface area (Å²) in [4.78, 5) is 0. The Bertz CT molecular complexity index is 689. The van der Waals surface area contributed by atoms with Crippen molar-refractivity contribution in [2.24, 2.45) is 0 Å². The van der Waals surface area contributed by atoms with Gasteiger partial charge in [-0.15, -0.1) is 12.4 Å². The maximum atomic E-state index is 3.46. The van der Waals surface area contributed by atoms with E-state index in [0.29, 0.717) is 6.04 Å². The lowest BCUT2D eigenvalue weighted by Gasteiger charge is -2.19. The maximum Gasteiger partial charge on any atom is 0.0364 e. The molecule has 1 nitrogen and oxygen atoms in total. The van der Waals surface area contributed by atoms with Crippen molar-refractivity contribution in [3.63, 3.8) is 0 Å². The summed E-state index contributed by atoms with van der Waals surface area (Å²) in [7, 11) is 2.04. The summed E-state index contributed by atoms with van der Waals surface area (Å²) in [6.45, 7) is 0. The molecule has 0 heterocycles. The molecule has 0 bridgehead atoms. The molecule has 0 aliphatic carbocycles. The molecule has 1 atom stereocenters. The number of hydrogen-bond donors (Lipinski definition) is 1. The van der Waals surface area contributed by atoms with Gasteiger partial charge in [0.05, 0.1) is 0 Å². The van der Waals surface area contributed by atoms with Crippen LogP contribution in [-0.2, 0) is 6.42 Å². The van der Waals surface area contributed by atoms with Gasteiger partial charge in [0, 0.05) is 6.04 Å². The van der Waals surface area contributed by atoms with Crippen molar-refractivity contribution in [1.29, 1.82) is 0 Å². The molecule has 0 saturated heterocycles. The molecular weight excluding hydrogens is 278 g/mol. The molecule has 3 aromatic carbocycles. The van der Waals surface area contributed by atoms with Crippen molar-refractivity contribution in [2.45, 2.75) is 12.5 Å². The number of likely N-dealkylation sites (N-methyl/N-ethyl adjacent to an activating group) is 1. The Kier molecular flexibility index (Phi) is 5.38. The average molecular weight is 298 g/mol. The lowest BCUT2D eigenvalue weighted by molar-refractivity contribution is 0.596. The highest BCUT2D eigenvalue weighted by atomic mass is 35.5. The Balaban J connectivity index is 0.00000161. The van der Waals surface area contributed by atoms with Crippen molar-refractivity contribution >= 4 is 23.2 Å². The van der Waals surface area contributed by atoms with Crippen LogP contribution in [0.2, 0.25) is 0 Å². The summed E-state index contributed by atoms with van der Waals surface area (Å²) >= 11 is 0. The van der Waals surface area contributed by atoms with Gasteiger partial charge in [-0.1, -0.05) is 72.8 Å². The van der Waals surface area contributed by atoms with Crippen LogP contribution in [0.5, 0.6) is 0 Å². The highest BCUT2D eigenvalue weighted by molar-refractivity contribution is 5.86. The van der Waals surface area contributed by atoms with Gasteiger partial charge in [-0.3, -0.25) is 0 Å². The molecule has 2 heteroatoms. The quantitative estimate of drug-likeness (QED) is 0.732. The van der Waals surface area contributed by atoms with Crippen LogP contribution in [0.1, 0.15) is 17.2 Å². The summed E-state index contributed by atoms with van der Waals surface area (Å²) in [5.41, 5.74) is 2.73. The summed E-state index contributed by atoms with van der Waals surface area (Å²) in [6, 6.07) is 26.1. The first-order chi connectivity index (χ1) is 9.88. The molecule has 1 unspecified atom stereocenters. The van der Waals surface area contributed by atoms with Crippen LogP contribution in [0.15, 0.2) is 72.8 Å². The van der Waals surface area contributed by atoms with Crippen LogP contribution in [0, 0.1) is 0 Å². The smallest absolute Gasteiger partial charge is 0.0364 e. The van der Waals surface area contributed by atoms with Crippen LogP contribution in [0.3, 0.4) is 0 Å². The molecule has 21 heavy (non-hydrogen) atoms. The topological polar surface area (TPSA) is 12.0 Å². The van der Waals surface area contributed by atoms with E-state index in [4.69, 9.17) is 0 Å². The van der Waals surface area contributed by atoms with Crippen molar-refractivity contribution in [3.8, 4) is 0 Å². The second-order valence-electron chi connectivity index (χ2n) is 5.10. The molecule has 3 rings (SSSR count). The molecule has 1 N–H and O–H groups in total. The van der Waals surface area contributed by atoms with Crippen molar-refractivity contribution in [2.75, 3.05) is 7.05 Å². The van der Waals surface area contributed by atoms with Gasteiger partial charge in [0.15, 0.2) is 0 Å². The van der Waals surface area contributed by atoms with Crippen LogP contribution < -0.4 is 5.32 Å². The Morgan fingerprint density at radius 2 is 1.48 bits per heavy atom. The van der Waals surface area contributed by atoms with E-state index in [2.05, 4.69) is 78.1 Å². The lowest BCUT2D eigenvalue weighted by atomic mass is 9.94. The average Bonchev–Trinajstić information content (AvgIpc) is 2.53. The van der Waals surface area contributed by atoms with Gasteiger partial charge < -0.3 is 5.32 Å². The largest absolute Gasteiger partial charge is 0.313 e. The van der Waals surface area contributed by atoms with Crippen molar-refractivity contribution in [1.82, 2.24) is 5.32 Å². The molecule has 3 aromatic rings. The third kappa shape index (κ3) is 3.44. The molecule has 0 aliphatic heterocycles. The summed E-state index contributed by atoms with van der Waals surface area (Å²) < 4.78 is 0. The molecule has 0 aliphatic rings. The Hall–Kier alpha value is -1.83. The van der Waals surface area contributed by atoms with E-state index in [1.807, 2.05) is 7.05 Å². The lowest BCUT2D eigenvalue weighted by Crippen LogP contribution is -2.19. The number of benzene rings is 3. The zero-order valence-corrected chi connectivity index (χ0v) is 12.9. The number of halogens is 1. The van der Waals surface area contributed by atoms with E-state index in [1.54, 1.807) is 0 Å². The zero-order valence-electron chi connectivity index (χ0n) is 12.1. The third-order valence-electron chi connectivity index (χ3n) is 3.83. The zero-order chi connectivity index (χ0) is 13.8. The van der Waals surface area contributed by atoms with Gasteiger partial charge in [-0.2, -0.15) is 0 Å². The van der Waals surface area contributed by atoms with Crippen LogP contribution in [0.25, 0.3) is 10.8 Å². The molecule has 108 valence electrons. The monoisotopic (exact) mass is 297 g/mol. The standard InChI is InChI=1S/C19H19N.ClH/c1-20-19(14-15-8-3-2-4-9-15)18-13-7-11-16-10-5-6-12-17(16)18;/h2-13,19-20H,14H2,1H3;1H. The first kappa shape index (κ1) is 15.6. The summed E-state index contributed by atoms with van der Waals surface area (Å²) in [6.07, 6.45) is 1.01. The predicted molar refractivity (Wildman–Crippen MR) is 93.1 cm³/mol. The van der Waals surface area contributed by atoms with Crippen LogP contribution in [0.4, 0.5) is 0 Å². The van der Waals surface area contributed by atoms with Gasteiger partial charge in [-0.05, 0) is 35.4 Å². The third-order valence-corrected chi connectivity index (χ3v) is 3.83. The fourth-order valence-electron chi connectivity index (χ4n) is 2.77. The fourth-order valence-corrected chi connectivity index (χ4v) is 2.77. The molecule has 0 radical (unpaired) electrons. The Labute approximate surface area is 132 Å². The number of rotatable bonds is 4. The van der Waals surface area contributed by atoms with Gasteiger partial charge in [0.1, 0.15) is 0 Å². The fraction of sp³-hybridized carbons (Fsp3) is 0.158. The SMILES string of the molecule is CNC(Cc1ccccc1)c1cccc2ccccc12.Cl. The summed E-state index contributed by atoms with van der Waals surface area (Å²) in [5.74, 6) is 0. The first-order valence-corrected chi connectivity index (χ1v) is 7.07. The van der Waals surface area contributed by atoms with E-state index >= 15 is 0 Å². The Morgan fingerprint density at radius 1 is 0.810 bits per heavy atom. The van der Waals surface area contributed by atoms with Gasteiger partial charge in [0.2, 0.25) is 0 Å². The minimum atomic E-state index is 0. The number of fused-ring (bicyclic) bond motifs is 1. The highest BCUT2D eigenvalue weighted by Crippen LogP contribution is 2.26. The van der Waals surface area contributed by atoms with Crippen LogP contribution >= 0.6 is 12.4 Å². The van der Waals surface area contributed by atoms with E-state index in [-0.39, 0.29) is 12.4 Å². The van der Waals surface area contributed by atoms with Crippen LogP contribution in [-0.4, -0.2) is 7.05 Å². The molecule has 0 aromatic heterocycles. The maximum absolute atomic E-state index is 3.46. The minimum Gasteiger partial charge on any atom is -0.313 e. The van der Waals surface area contributed by atoms with Gasteiger partial charge >= 0.3 is 0 Å². The normalized spacial score (nSPS) is 11.9. The van der Waals surface area contributed by atoms with E-state index in [1.165, 1.54) is 21.9 Å². The second-order valence-corrected chi connectivity index (χ2v) is 5.10. The number of nitrogens with one attached hydrogen (secondary N) is 1. The number of hydrogen-bond acceptors (Lipinski definition) is 1. The highest BCUT2D eigenvalue weighted by Gasteiger charge is 2.12. The van der Waals surface area contributed by atoms with Gasteiger partial charge in [-0.25, -0.2) is 0 Å². The van der Waals surface area contributed by atoms with Crippen molar-refractivity contribution < 1.29 is 0 Å². The van der Waals surface area contributed by atoms with E-state index in [0.717, 1.165) is 6.42 Å². The molecular formula is C19H20ClN. The van der Waals surface area contributed by atoms with E-state index < -0.39 is 0 Å². The summed E-state index contributed by atoms with van der Waals surface area (Å²) in [5, 5.41) is 6.10. The molecule has 0 fully saturated rings. The minimum absolute atomic E-state index is 0. The second kappa shape index (κ2) is 7.26. The van der Waals surface area contributed by atoms with Gasteiger partial charge in [0.25, 0.3) is 0 Å². The first-order valence-electron chi connectivity index (χ1n) is 7.07.